The van der Waals surface area contributed by atoms with Gasteiger partial charge in [-0.3, -0.25) is 4.79 Å². The molecule has 3 unspecified atom stereocenters. The van der Waals surface area contributed by atoms with Crippen LogP contribution in [0.5, 0.6) is 0 Å². The third kappa shape index (κ3) is 6.82. The molecule has 2 aromatic rings. The SMILES string of the molecule is CC(=O)NC(Cc1cc(F)cc(F)c1)C(O)CNC1(c2cccc(C(C)C)c2)CCCOC1. The van der Waals surface area contributed by atoms with Gasteiger partial charge in [-0.15, -0.1) is 0 Å². The summed E-state index contributed by atoms with van der Waals surface area (Å²) < 4.78 is 33.1. The quantitative estimate of drug-likeness (QED) is 0.533. The maximum atomic E-state index is 13.6. The molecule has 33 heavy (non-hydrogen) atoms. The second-order valence-electron chi connectivity index (χ2n) is 9.26. The number of ether oxygens (including phenoxy) is 1. The first-order chi connectivity index (χ1) is 15.7. The van der Waals surface area contributed by atoms with Gasteiger partial charge < -0.3 is 20.5 Å². The number of carbonyl (C=O) groups excluding carboxylic acids is 1. The van der Waals surface area contributed by atoms with Crippen LogP contribution in [0.1, 0.15) is 56.2 Å². The first kappa shape index (κ1) is 25.3. The number of hydrogen-bond acceptors (Lipinski definition) is 4. The molecule has 180 valence electrons. The van der Waals surface area contributed by atoms with Crippen molar-refractivity contribution in [1.82, 2.24) is 10.6 Å². The minimum Gasteiger partial charge on any atom is -0.390 e. The van der Waals surface area contributed by atoms with Gasteiger partial charge >= 0.3 is 0 Å². The molecule has 1 aliphatic heterocycles. The summed E-state index contributed by atoms with van der Waals surface area (Å²) in [5, 5.41) is 17.2. The van der Waals surface area contributed by atoms with Crippen molar-refractivity contribution in [2.24, 2.45) is 0 Å². The van der Waals surface area contributed by atoms with Crippen LogP contribution in [-0.2, 0) is 21.5 Å². The molecular formula is C26H34F2N2O3. The summed E-state index contributed by atoms with van der Waals surface area (Å²) in [6.07, 6.45) is 0.851. The van der Waals surface area contributed by atoms with E-state index in [1.54, 1.807) is 0 Å². The lowest BCUT2D eigenvalue weighted by Gasteiger charge is -2.40. The zero-order valence-electron chi connectivity index (χ0n) is 19.5. The number of carbonyl (C=O) groups is 1. The fraction of sp³-hybridized carbons (Fsp3) is 0.500. The van der Waals surface area contributed by atoms with E-state index < -0.39 is 29.3 Å². The molecule has 3 N–H and O–H groups in total. The van der Waals surface area contributed by atoms with Crippen molar-refractivity contribution in [3.63, 3.8) is 0 Å². The standard InChI is InChI=1S/C26H34F2N2O3/c1-17(2)20-6-4-7-21(13-20)26(8-5-9-33-16-26)29-15-25(32)24(30-18(3)31)12-19-10-22(27)14-23(28)11-19/h4,6-7,10-11,13-14,17,24-25,29,32H,5,8-9,12,15-16H2,1-3H3,(H,30,31). The average molecular weight is 461 g/mol. The van der Waals surface area contributed by atoms with Crippen molar-refractivity contribution in [1.29, 1.82) is 0 Å². The summed E-state index contributed by atoms with van der Waals surface area (Å²) in [6.45, 7) is 6.99. The molecule has 2 aromatic carbocycles. The van der Waals surface area contributed by atoms with Crippen molar-refractivity contribution in [2.45, 2.75) is 63.6 Å². The van der Waals surface area contributed by atoms with E-state index in [-0.39, 0.29) is 18.9 Å². The van der Waals surface area contributed by atoms with Crippen LogP contribution in [0.4, 0.5) is 8.78 Å². The third-order valence-electron chi connectivity index (χ3n) is 6.23. The molecular weight excluding hydrogens is 426 g/mol. The largest absolute Gasteiger partial charge is 0.390 e. The fourth-order valence-electron chi connectivity index (χ4n) is 4.43. The number of aliphatic hydroxyl groups is 1. The Kier molecular flexibility index (Phi) is 8.57. The number of benzene rings is 2. The minimum absolute atomic E-state index is 0.101. The van der Waals surface area contributed by atoms with E-state index >= 15 is 0 Å². The Labute approximate surface area is 194 Å². The molecule has 1 heterocycles. The van der Waals surface area contributed by atoms with Crippen LogP contribution in [0.15, 0.2) is 42.5 Å². The van der Waals surface area contributed by atoms with Crippen molar-refractivity contribution in [2.75, 3.05) is 19.8 Å². The van der Waals surface area contributed by atoms with Crippen molar-refractivity contribution >= 4 is 5.91 Å². The van der Waals surface area contributed by atoms with Crippen LogP contribution < -0.4 is 10.6 Å². The Morgan fingerprint density at radius 3 is 2.52 bits per heavy atom. The monoisotopic (exact) mass is 460 g/mol. The van der Waals surface area contributed by atoms with Gasteiger partial charge in [0, 0.05) is 26.1 Å². The van der Waals surface area contributed by atoms with Crippen molar-refractivity contribution in [3.8, 4) is 0 Å². The Hall–Kier alpha value is -2.35. The number of hydrogen-bond donors (Lipinski definition) is 3. The van der Waals surface area contributed by atoms with E-state index in [0.29, 0.717) is 24.7 Å². The molecule has 1 amide bonds. The molecule has 5 nitrogen and oxygen atoms in total. The molecule has 3 rings (SSSR count). The first-order valence-corrected chi connectivity index (χ1v) is 11.5. The molecule has 1 aliphatic rings. The number of halogens is 2. The van der Waals surface area contributed by atoms with Crippen LogP contribution in [0, 0.1) is 11.6 Å². The van der Waals surface area contributed by atoms with E-state index in [4.69, 9.17) is 4.74 Å². The lowest BCUT2D eigenvalue weighted by Crippen LogP contribution is -2.55. The van der Waals surface area contributed by atoms with Gasteiger partial charge in [-0.05, 0) is 54.0 Å². The van der Waals surface area contributed by atoms with E-state index in [0.717, 1.165) is 24.5 Å². The summed E-state index contributed by atoms with van der Waals surface area (Å²) in [5.74, 6) is -1.32. The average Bonchev–Trinajstić information content (AvgIpc) is 2.77. The minimum atomic E-state index is -0.979. The van der Waals surface area contributed by atoms with Gasteiger partial charge in [0.1, 0.15) is 11.6 Å². The molecule has 0 aromatic heterocycles. The van der Waals surface area contributed by atoms with Crippen LogP contribution in [0.3, 0.4) is 0 Å². The smallest absolute Gasteiger partial charge is 0.217 e. The molecule has 0 bridgehead atoms. The van der Waals surface area contributed by atoms with Crippen LogP contribution in [-0.4, -0.2) is 42.9 Å². The fourth-order valence-corrected chi connectivity index (χ4v) is 4.43. The molecule has 1 saturated heterocycles. The Balaban J connectivity index is 1.78. The van der Waals surface area contributed by atoms with Crippen molar-refractivity contribution in [3.05, 3.63) is 70.8 Å². The zero-order chi connectivity index (χ0) is 24.0. The molecule has 0 spiro atoms. The zero-order valence-corrected chi connectivity index (χ0v) is 19.5. The Morgan fingerprint density at radius 2 is 1.91 bits per heavy atom. The molecule has 1 fully saturated rings. The highest BCUT2D eigenvalue weighted by Crippen LogP contribution is 2.32. The summed E-state index contributed by atoms with van der Waals surface area (Å²) in [5.41, 5.74) is 2.23. The van der Waals surface area contributed by atoms with Gasteiger partial charge in [0.15, 0.2) is 0 Å². The summed E-state index contributed by atoms with van der Waals surface area (Å²) in [7, 11) is 0. The molecule has 7 heteroatoms. The van der Waals surface area contributed by atoms with E-state index in [9.17, 15) is 18.7 Å². The molecule has 0 aliphatic carbocycles. The highest BCUT2D eigenvalue weighted by Gasteiger charge is 2.36. The van der Waals surface area contributed by atoms with E-state index in [1.807, 2.05) is 6.07 Å². The topological polar surface area (TPSA) is 70.6 Å². The number of amides is 1. The van der Waals surface area contributed by atoms with E-state index in [1.165, 1.54) is 24.6 Å². The molecule has 0 saturated carbocycles. The normalized spacial score (nSPS) is 20.5. The van der Waals surface area contributed by atoms with Gasteiger partial charge in [-0.1, -0.05) is 38.1 Å². The van der Waals surface area contributed by atoms with E-state index in [2.05, 4.69) is 42.7 Å². The highest BCUT2D eigenvalue weighted by molar-refractivity contribution is 5.73. The van der Waals surface area contributed by atoms with Gasteiger partial charge in [0.2, 0.25) is 5.91 Å². The molecule has 3 atom stereocenters. The van der Waals surface area contributed by atoms with Crippen LogP contribution in [0.25, 0.3) is 0 Å². The van der Waals surface area contributed by atoms with Gasteiger partial charge in [0.25, 0.3) is 0 Å². The maximum absolute atomic E-state index is 13.6. The van der Waals surface area contributed by atoms with Gasteiger partial charge in [-0.25, -0.2) is 8.78 Å². The summed E-state index contributed by atoms with van der Waals surface area (Å²) >= 11 is 0. The predicted octanol–water partition coefficient (Wildman–Crippen LogP) is 3.79. The maximum Gasteiger partial charge on any atom is 0.217 e. The number of aliphatic hydroxyl groups excluding tert-OH is 1. The first-order valence-electron chi connectivity index (χ1n) is 11.5. The van der Waals surface area contributed by atoms with Gasteiger partial charge in [-0.2, -0.15) is 0 Å². The Bertz CT molecular complexity index is 925. The van der Waals surface area contributed by atoms with Crippen LogP contribution >= 0.6 is 0 Å². The lowest BCUT2D eigenvalue weighted by atomic mass is 9.82. The number of nitrogens with one attached hydrogen (secondary N) is 2. The van der Waals surface area contributed by atoms with Crippen molar-refractivity contribution < 1.29 is 23.4 Å². The number of rotatable bonds is 9. The summed E-state index contributed by atoms with van der Waals surface area (Å²) in [6, 6.07) is 10.9. The lowest BCUT2D eigenvalue weighted by molar-refractivity contribution is -0.120. The second kappa shape index (κ2) is 11.2. The predicted molar refractivity (Wildman–Crippen MR) is 124 cm³/mol. The summed E-state index contributed by atoms with van der Waals surface area (Å²) in [4.78, 5) is 11.8. The van der Waals surface area contributed by atoms with Gasteiger partial charge in [0.05, 0.1) is 24.3 Å². The molecule has 0 radical (unpaired) electrons. The van der Waals surface area contributed by atoms with Crippen LogP contribution in [0.2, 0.25) is 0 Å². The second-order valence-corrected chi connectivity index (χ2v) is 9.26. The Morgan fingerprint density at radius 1 is 1.18 bits per heavy atom. The highest BCUT2D eigenvalue weighted by atomic mass is 19.1. The third-order valence-corrected chi connectivity index (χ3v) is 6.23.